The Bertz CT molecular complexity index is 223. The zero-order valence-electron chi connectivity index (χ0n) is 14.8. The predicted octanol–water partition coefficient (Wildman–Crippen LogP) is 2.20. The van der Waals surface area contributed by atoms with Crippen LogP contribution in [0.25, 0.3) is 0 Å². The monoisotopic (exact) mass is 419 g/mol. The molecule has 0 aromatic carbocycles. The van der Waals surface area contributed by atoms with Gasteiger partial charge in [0.05, 0.1) is 14.9 Å². The topological polar surface area (TPSA) is 92.7 Å². The highest BCUT2D eigenvalue weighted by Crippen LogP contribution is 2.12. The molecule has 0 radical (unpaired) electrons. The van der Waals surface area contributed by atoms with Gasteiger partial charge in [0.2, 0.25) is 0 Å². The number of hydrogen-bond acceptors (Lipinski definition) is 5. The van der Waals surface area contributed by atoms with Crippen LogP contribution < -0.4 is 14.0 Å². The highest BCUT2D eigenvalue weighted by molar-refractivity contribution is 9.07. The lowest BCUT2D eigenvalue weighted by Crippen LogP contribution is -2.58. The first kappa shape index (κ1) is 25.8. The molecule has 0 spiro atoms. The molecule has 0 aliphatic rings. The van der Waals surface area contributed by atoms with Gasteiger partial charge in [-0.25, -0.2) is 3.93 Å². The lowest BCUT2D eigenvalue weighted by atomic mass is 10.0. The van der Waals surface area contributed by atoms with Gasteiger partial charge in [0.1, 0.15) is 0 Å². The molecule has 0 amide bonds. The van der Waals surface area contributed by atoms with Gasteiger partial charge in [0.25, 0.3) is 0 Å². The number of hydrogen-bond donors (Lipinski definition) is 1. The molecule has 0 aromatic rings. The van der Waals surface area contributed by atoms with E-state index < -0.39 is 10.2 Å². The molecular weight excluding hydrogens is 386 g/mol. The molecule has 0 bridgehead atoms. The number of halogens is 2. The quantitative estimate of drug-likeness (QED) is 0.343. The fourth-order valence-electron chi connectivity index (χ4n) is 2.35. The molecule has 0 saturated carbocycles. The molecule has 0 aliphatic heterocycles. The molecular formula is C16H35BrClNO4. The summed E-state index contributed by atoms with van der Waals surface area (Å²) in [5.74, 6) is 0. The zero-order chi connectivity index (χ0) is 18.0. The van der Waals surface area contributed by atoms with Crippen molar-refractivity contribution < 1.29 is 28.9 Å². The van der Waals surface area contributed by atoms with Gasteiger partial charge in [-0.3, -0.25) is 0 Å². The largest absolute Gasteiger partial charge is 0.245 e. The van der Waals surface area contributed by atoms with Gasteiger partial charge in [-0.05, 0) is 13.5 Å². The van der Waals surface area contributed by atoms with Gasteiger partial charge in [0.15, 0.2) is 0 Å². The minimum absolute atomic E-state index is 1.18. The van der Waals surface area contributed by atoms with E-state index in [2.05, 4.69) is 34.0 Å². The molecule has 1 N–H and O–H groups in total. The molecule has 0 saturated heterocycles. The van der Waals surface area contributed by atoms with Crippen LogP contribution in [0.3, 0.4) is 0 Å². The molecule has 7 heteroatoms. The molecule has 5 nitrogen and oxygen atoms in total. The Balaban J connectivity index is 0. The van der Waals surface area contributed by atoms with Crippen molar-refractivity contribution in [1.82, 2.24) is 3.93 Å². The Hall–Kier alpha value is 0.570. The maximum atomic E-state index is 8.60. The number of unbranched alkanes of at least 4 members (excludes halogenated alkanes) is 12. The zero-order valence-corrected chi connectivity index (χ0v) is 17.1. The van der Waals surface area contributed by atoms with E-state index in [-0.39, 0.29) is 0 Å². The van der Waals surface area contributed by atoms with Crippen LogP contribution in [-0.4, -0.2) is 22.2 Å². The van der Waals surface area contributed by atoms with Crippen LogP contribution in [0.4, 0.5) is 0 Å². The van der Waals surface area contributed by atoms with Crippen LogP contribution in [0.1, 0.15) is 90.4 Å². The lowest BCUT2D eigenvalue weighted by molar-refractivity contribution is -1.92. The second kappa shape index (κ2) is 18.9. The average Bonchev–Trinajstić information content (AvgIpc) is 2.42. The average molecular weight is 421 g/mol. The molecule has 0 fully saturated rings. The van der Waals surface area contributed by atoms with Crippen LogP contribution in [-0.2, 0) is 0 Å². The van der Waals surface area contributed by atoms with Gasteiger partial charge >= 0.3 is 0 Å². The summed E-state index contributed by atoms with van der Waals surface area (Å²) in [5, 5.41) is 0. The van der Waals surface area contributed by atoms with Crippen molar-refractivity contribution >= 4 is 16.1 Å². The molecule has 0 aromatic heterocycles. The van der Waals surface area contributed by atoms with Crippen LogP contribution in [0, 0.1) is 10.2 Å². The highest BCUT2D eigenvalue weighted by atomic mass is 79.9. The van der Waals surface area contributed by atoms with E-state index in [4.69, 9.17) is 18.6 Å². The summed E-state index contributed by atoms with van der Waals surface area (Å²) in [6, 6.07) is 0. The van der Waals surface area contributed by atoms with Crippen molar-refractivity contribution in [3.8, 4) is 0 Å². The molecule has 0 rings (SSSR count). The summed E-state index contributed by atoms with van der Waals surface area (Å²) in [4.78, 5) is 0. The molecule has 23 heavy (non-hydrogen) atoms. The Morgan fingerprint density at radius 2 is 1.00 bits per heavy atom. The third-order valence-corrected chi connectivity index (χ3v) is 3.92. The highest BCUT2D eigenvalue weighted by Gasteiger charge is 1.99. The van der Waals surface area contributed by atoms with Crippen molar-refractivity contribution in [2.45, 2.75) is 90.4 Å². The van der Waals surface area contributed by atoms with Crippen molar-refractivity contribution in [1.29, 1.82) is 0 Å². The Labute approximate surface area is 153 Å². The summed E-state index contributed by atoms with van der Waals surface area (Å²) >= 11 is 3.44. The molecule has 0 aliphatic carbocycles. The third kappa shape index (κ3) is 39.4. The summed E-state index contributed by atoms with van der Waals surface area (Å²) in [6.07, 6.45) is 18.7. The summed E-state index contributed by atoms with van der Waals surface area (Å²) in [7, 11) is -2.61. The minimum atomic E-state index is -4.69. The van der Waals surface area contributed by atoms with Gasteiger partial charge < -0.3 is 0 Å². The van der Waals surface area contributed by atoms with Crippen LogP contribution in [0.5, 0.6) is 0 Å². The van der Waals surface area contributed by atoms with Crippen molar-refractivity contribution in [3.05, 3.63) is 0 Å². The van der Waals surface area contributed by atoms with Crippen LogP contribution in [0.15, 0.2) is 0 Å². The third-order valence-electron chi connectivity index (χ3n) is 3.57. The number of nitrogens with zero attached hydrogens (tertiary/aromatic N) is 1. The van der Waals surface area contributed by atoms with E-state index in [1.54, 1.807) is 0 Å². The Morgan fingerprint density at radius 1 is 0.739 bits per heavy atom. The molecule has 0 unspecified atom stereocenters. The van der Waals surface area contributed by atoms with E-state index >= 15 is 0 Å². The minimum Gasteiger partial charge on any atom is -0.245 e. The Morgan fingerprint density at radius 3 is 1.26 bits per heavy atom. The van der Waals surface area contributed by atoms with Crippen LogP contribution in [0.2, 0.25) is 0 Å². The van der Waals surface area contributed by atoms with E-state index in [1.807, 2.05) is 0 Å². The van der Waals surface area contributed by atoms with E-state index in [0.29, 0.717) is 0 Å². The van der Waals surface area contributed by atoms with Crippen molar-refractivity contribution in [3.63, 3.8) is 0 Å². The number of rotatable bonds is 14. The Kier molecular flexibility index (Phi) is 21.2. The van der Waals surface area contributed by atoms with Gasteiger partial charge in [-0.15, -0.1) is 0 Å². The van der Waals surface area contributed by atoms with Gasteiger partial charge in [0, 0.05) is 22.7 Å². The van der Waals surface area contributed by atoms with Crippen molar-refractivity contribution in [2.75, 3.05) is 13.6 Å². The smallest absolute Gasteiger partial charge is 0.0777 e. The summed E-state index contributed by atoms with van der Waals surface area (Å²) in [5.41, 5.74) is 0. The fourth-order valence-corrected chi connectivity index (χ4v) is 2.60. The fraction of sp³-hybridized carbons (Fsp3) is 1.00. The van der Waals surface area contributed by atoms with E-state index in [0.717, 1.165) is 0 Å². The first-order valence-electron chi connectivity index (χ1n) is 8.77. The van der Waals surface area contributed by atoms with E-state index in [1.165, 1.54) is 90.0 Å². The van der Waals surface area contributed by atoms with Gasteiger partial charge in [-0.2, -0.15) is 14.0 Å². The maximum Gasteiger partial charge on any atom is 0.0777 e. The summed E-state index contributed by atoms with van der Waals surface area (Å²) in [6.45, 7) is 3.47. The maximum absolute atomic E-state index is 8.60. The lowest BCUT2D eigenvalue weighted by Gasteiger charge is -2.06. The standard InChI is InChI=1S/C16H34BrN.ClHO4/c1-3-4-5-6-7-8-9-10-11-12-13-14-15-16-18(2)17;2-1(3,4)5/h3-16H2,1-2H3;(H,2,3,4,5). The summed E-state index contributed by atoms with van der Waals surface area (Å²) < 4.78 is 34.8. The second-order valence-corrected chi connectivity index (χ2v) is 7.97. The molecule has 142 valence electrons. The van der Waals surface area contributed by atoms with Crippen LogP contribution >= 0.6 is 16.1 Å². The SMILES string of the molecule is CCCCCCCCCCCCCCCN(C)Br.[O-][Cl+3]([O-])([O-])O. The second-order valence-electron chi connectivity index (χ2n) is 5.97. The predicted molar refractivity (Wildman–Crippen MR) is 89.5 cm³/mol. The normalized spacial score (nSPS) is 11.5. The molecule has 0 heterocycles. The van der Waals surface area contributed by atoms with Crippen molar-refractivity contribution in [2.24, 2.45) is 0 Å². The van der Waals surface area contributed by atoms with E-state index in [9.17, 15) is 0 Å². The first-order chi connectivity index (χ1) is 10.8. The first-order valence-corrected chi connectivity index (χ1v) is 10.7. The molecule has 0 atom stereocenters. The van der Waals surface area contributed by atoms with Gasteiger partial charge in [-0.1, -0.05) is 84.0 Å².